The Labute approximate surface area is 111 Å². The van der Waals surface area contributed by atoms with Crippen LogP contribution in [0, 0.1) is 0 Å². The molecule has 1 atom stereocenters. The van der Waals surface area contributed by atoms with Crippen LogP contribution in [0.4, 0.5) is 0 Å². The quantitative estimate of drug-likeness (QED) is 0.603. The fraction of sp³-hybridized carbons (Fsp3) is 0.308. The number of carbonyl (C=O) groups is 2. The molecule has 1 aliphatic heterocycles. The second kappa shape index (κ2) is 5.27. The van der Waals surface area contributed by atoms with E-state index in [9.17, 15) is 9.59 Å². The molecule has 1 aromatic rings. The molecule has 1 aliphatic rings. The third-order valence-electron chi connectivity index (χ3n) is 2.92. The molecular weight excluding hydrogens is 250 g/mol. The van der Waals surface area contributed by atoms with Crippen molar-refractivity contribution in [2.75, 3.05) is 7.11 Å². The van der Waals surface area contributed by atoms with Gasteiger partial charge in [-0.1, -0.05) is 30.4 Å². The molecule has 0 saturated carbocycles. The van der Waals surface area contributed by atoms with E-state index in [-0.39, 0.29) is 5.91 Å². The number of carbonyl (C=O) groups excluding carboxylic acids is 2. The summed E-state index contributed by atoms with van der Waals surface area (Å²) in [6.07, 6.45) is 1.09. The van der Waals surface area contributed by atoms with Crippen molar-refractivity contribution < 1.29 is 14.3 Å². The van der Waals surface area contributed by atoms with Crippen molar-refractivity contribution in [2.24, 2.45) is 0 Å². The third kappa shape index (κ3) is 2.26. The molecule has 2 rings (SSSR count). The second-order valence-electron chi connectivity index (χ2n) is 4.01. The highest BCUT2D eigenvalue weighted by Gasteiger charge is 2.38. The highest BCUT2D eigenvalue weighted by Crippen LogP contribution is 2.23. The minimum Gasteiger partial charge on any atom is -0.467 e. The average Bonchev–Trinajstić information content (AvgIpc) is 2.80. The Kier molecular flexibility index (Phi) is 3.72. The minimum absolute atomic E-state index is 0.242. The van der Waals surface area contributed by atoms with Crippen molar-refractivity contribution in [3.63, 3.8) is 0 Å². The molecule has 0 radical (unpaired) electrons. The van der Waals surface area contributed by atoms with E-state index in [1.807, 2.05) is 6.07 Å². The first-order chi connectivity index (χ1) is 8.65. The predicted molar refractivity (Wildman–Crippen MR) is 70.2 cm³/mol. The number of thiocarbonyl (C=S) groups is 1. The molecule has 1 saturated heterocycles. The smallest absolute Gasteiger partial charge is 0.329 e. The first kappa shape index (κ1) is 12.7. The first-order valence-corrected chi connectivity index (χ1v) is 6.05. The van der Waals surface area contributed by atoms with Crippen LogP contribution in [0.25, 0.3) is 0 Å². The molecule has 18 heavy (non-hydrogen) atoms. The van der Waals surface area contributed by atoms with E-state index < -0.39 is 12.0 Å². The van der Waals surface area contributed by atoms with Crippen LogP contribution in [-0.4, -0.2) is 34.9 Å². The summed E-state index contributed by atoms with van der Waals surface area (Å²) in [5.74, 6) is -0.660. The molecule has 0 bridgehead atoms. The number of nitrogens with zero attached hydrogens (tertiary/aromatic N) is 1. The topological polar surface area (TPSA) is 46.6 Å². The van der Waals surface area contributed by atoms with Gasteiger partial charge in [-0.3, -0.25) is 9.69 Å². The van der Waals surface area contributed by atoms with E-state index in [4.69, 9.17) is 17.0 Å². The van der Waals surface area contributed by atoms with Gasteiger partial charge in [-0.25, -0.2) is 4.79 Å². The summed E-state index contributed by atoms with van der Waals surface area (Å²) in [5, 5.41) is 0. The maximum atomic E-state index is 12.3. The maximum Gasteiger partial charge on any atom is 0.329 e. The van der Waals surface area contributed by atoms with Crippen molar-refractivity contribution in [3.8, 4) is 0 Å². The molecule has 0 aromatic heterocycles. The number of esters is 1. The zero-order chi connectivity index (χ0) is 13.1. The van der Waals surface area contributed by atoms with Crippen LogP contribution in [0.1, 0.15) is 23.2 Å². The number of benzene rings is 1. The van der Waals surface area contributed by atoms with E-state index in [2.05, 4.69) is 0 Å². The van der Waals surface area contributed by atoms with Crippen LogP contribution < -0.4 is 0 Å². The van der Waals surface area contributed by atoms with Crippen molar-refractivity contribution in [1.82, 2.24) is 4.90 Å². The lowest BCUT2D eigenvalue weighted by Crippen LogP contribution is -2.42. The van der Waals surface area contributed by atoms with Crippen LogP contribution in [0.3, 0.4) is 0 Å². The molecule has 1 aromatic carbocycles. The van der Waals surface area contributed by atoms with E-state index in [0.717, 1.165) is 0 Å². The number of ether oxygens (including phenoxy) is 1. The Morgan fingerprint density at radius 1 is 1.33 bits per heavy atom. The lowest BCUT2D eigenvalue weighted by molar-refractivity contribution is -0.144. The summed E-state index contributed by atoms with van der Waals surface area (Å²) in [5.41, 5.74) is 0.524. The summed E-state index contributed by atoms with van der Waals surface area (Å²) in [6.45, 7) is 0. The molecule has 0 aliphatic carbocycles. The Hall–Kier alpha value is -1.75. The molecule has 1 heterocycles. The number of rotatable bonds is 2. The summed E-state index contributed by atoms with van der Waals surface area (Å²) in [6, 6.07) is 8.21. The number of methoxy groups -OCH3 is 1. The van der Waals surface area contributed by atoms with Crippen molar-refractivity contribution in [1.29, 1.82) is 0 Å². The van der Waals surface area contributed by atoms with Gasteiger partial charge in [0.2, 0.25) is 0 Å². The van der Waals surface area contributed by atoms with Crippen LogP contribution in [-0.2, 0) is 9.53 Å². The van der Waals surface area contributed by atoms with Gasteiger partial charge >= 0.3 is 5.97 Å². The lowest BCUT2D eigenvalue weighted by atomic mass is 10.1. The predicted octanol–water partition coefficient (Wildman–Crippen LogP) is 1.79. The Bertz CT molecular complexity index is 486. The van der Waals surface area contributed by atoms with Crippen molar-refractivity contribution in [2.45, 2.75) is 18.9 Å². The van der Waals surface area contributed by atoms with E-state index >= 15 is 0 Å². The van der Waals surface area contributed by atoms with Crippen LogP contribution in [0.15, 0.2) is 30.3 Å². The van der Waals surface area contributed by atoms with Crippen LogP contribution >= 0.6 is 12.2 Å². The van der Waals surface area contributed by atoms with E-state index in [0.29, 0.717) is 23.4 Å². The third-order valence-corrected chi connectivity index (χ3v) is 3.33. The maximum absolute atomic E-state index is 12.3. The Balaban J connectivity index is 2.27. The molecule has 0 unspecified atom stereocenters. The van der Waals surface area contributed by atoms with Crippen LogP contribution in [0.5, 0.6) is 0 Å². The standard InChI is InChI=1S/C13H13NO3S/c1-17-13(16)10-7-8-11(18)14(10)12(15)9-5-3-2-4-6-9/h2-6,10H,7-8H2,1H3/t10-/m0/s1. The largest absolute Gasteiger partial charge is 0.467 e. The summed E-state index contributed by atoms with van der Waals surface area (Å²) < 4.78 is 4.71. The molecule has 0 spiro atoms. The first-order valence-electron chi connectivity index (χ1n) is 5.64. The van der Waals surface area contributed by atoms with Gasteiger partial charge in [0.1, 0.15) is 6.04 Å². The molecule has 5 heteroatoms. The van der Waals surface area contributed by atoms with Gasteiger partial charge in [-0.2, -0.15) is 0 Å². The molecule has 0 N–H and O–H groups in total. The fourth-order valence-corrected chi connectivity index (χ4v) is 2.35. The van der Waals surface area contributed by atoms with Crippen LogP contribution in [0.2, 0.25) is 0 Å². The Morgan fingerprint density at radius 2 is 2.00 bits per heavy atom. The van der Waals surface area contributed by atoms with Crippen molar-refractivity contribution in [3.05, 3.63) is 35.9 Å². The monoisotopic (exact) mass is 263 g/mol. The zero-order valence-corrected chi connectivity index (χ0v) is 10.8. The van der Waals surface area contributed by atoms with Gasteiger partial charge < -0.3 is 4.74 Å². The zero-order valence-electron chi connectivity index (χ0n) is 9.96. The number of likely N-dealkylation sites (tertiary alicyclic amines) is 1. The molecule has 1 fully saturated rings. The fourth-order valence-electron chi connectivity index (χ4n) is 2.02. The molecular formula is C13H13NO3S. The highest BCUT2D eigenvalue weighted by molar-refractivity contribution is 7.80. The van der Waals surface area contributed by atoms with Gasteiger partial charge in [0.25, 0.3) is 5.91 Å². The van der Waals surface area contributed by atoms with Gasteiger partial charge in [-0.15, -0.1) is 0 Å². The highest BCUT2D eigenvalue weighted by atomic mass is 32.1. The van der Waals surface area contributed by atoms with Gasteiger partial charge in [-0.05, 0) is 18.6 Å². The number of hydrogen-bond acceptors (Lipinski definition) is 4. The summed E-state index contributed by atoms with van der Waals surface area (Å²) >= 11 is 5.16. The SMILES string of the molecule is COC(=O)[C@@H]1CCC(=S)N1C(=O)c1ccccc1. The molecule has 1 amide bonds. The Morgan fingerprint density at radius 3 is 2.61 bits per heavy atom. The van der Waals surface area contributed by atoms with Gasteiger partial charge in [0.05, 0.1) is 12.1 Å². The van der Waals surface area contributed by atoms with E-state index in [1.54, 1.807) is 24.3 Å². The lowest BCUT2D eigenvalue weighted by Gasteiger charge is -2.22. The van der Waals surface area contributed by atoms with Gasteiger partial charge in [0.15, 0.2) is 0 Å². The minimum atomic E-state index is -0.588. The second-order valence-corrected chi connectivity index (χ2v) is 4.48. The normalized spacial score (nSPS) is 18.8. The molecule has 94 valence electrons. The average molecular weight is 263 g/mol. The summed E-state index contributed by atoms with van der Waals surface area (Å²) in [7, 11) is 1.31. The number of hydrogen-bond donors (Lipinski definition) is 0. The molecule has 4 nitrogen and oxygen atoms in total. The van der Waals surface area contributed by atoms with Gasteiger partial charge in [0, 0.05) is 12.0 Å². The van der Waals surface area contributed by atoms with E-state index in [1.165, 1.54) is 12.0 Å². The van der Waals surface area contributed by atoms with Crippen molar-refractivity contribution >= 4 is 29.1 Å². The summed E-state index contributed by atoms with van der Waals surface area (Å²) in [4.78, 5) is 25.8. The number of amides is 1.